The molecule has 76 valence electrons. The van der Waals surface area contributed by atoms with Crippen LogP contribution in [0.3, 0.4) is 0 Å². The molecule has 0 saturated heterocycles. The van der Waals surface area contributed by atoms with E-state index in [1.54, 1.807) is 11.6 Å². The van der Waals surface area contributed by atoms with E-state index < -0.39 is 5.97 Å². The Morgan fingerprint density at radius 1 is 1.47 bits per heavy atom. The van der Waals surface area contributed by atoms with Gasteiger partial charge in [0.2, 0.25) is 0 Å². The molecule has 15 heavy (non-hydrogen) atoms. The minimum atomic E-state index is -1.04. The molecular weight excluding hydrogens is 216 g/mol. The van der Waals surface area contributed by atoms with Gasteiger partial charge in [-0.15, -0.1) is 0 Å². The zero-order chi connectivity index (χ0) is 10.7. The molecule has 0 aliphatic rings. The SMILES string of the molecule is O=C(O)c1cncc(Oc2nccs2)c1. The second-order valence-electron chi connectivity index (χ2n) is 2.61. The van der Waals surface area contributed by atoms with E-state index in [0.717, 1.165) is 0 Å². The summed E-state index contributed by atoms with van der Waals surface area (Å²) in [6.45, 7) is 0. The minimum absolute atomic E-state index is 0.0871. The van der Waals surface area contributed by atoms with Crippen molar-refractivity contribution in [2.45, 2.75) is 0 Å². The Balaban J connectivity index is 2.22. The Bertz CT molecular complexity index is 470. The van der Waals surface area contributed by atoms with Crippen molar-refractivity contribution in [2.24, 2.45) is 0 Å². The molecule has 0 unspecified atom stereocenters. The molecule has 0 saturated carbocycles. The van der Waals surface area contributed by atoms with Gasteiger partial charge in [-0.25, -0.2) is 9.78 Å². The number of ether oxygens (including phenoxy) is 1. The van der Waals surface area contributed by atoms with E-state index in [2.05, 4.69) is 9.97 Å². The highest BCUT2D eigenvalue weighted by atomic mass is 32.1. The summed E-state index contributed by atoms with van der Waals surface area (Å²) in [5, 5.41) is 11.0. The van der Waals surface area contributed by atoms with Gasteiger partial charge < -0.3 is 9.84 Å². The van der Waals surface area contributed by atoms with E-state index in [0.29, 0.717) is 10.9 Å². The first-order valence-corrected chi connectivity index (χ1v) is 4.89. The lowest BCUT2D eigenvalue weighted by atomic mass is 10.3. The maximum Gasteiger partial charge on any atom is 0.337 e. The van der Waals surface area contributed by atoms with E-state index in [4.69, 9.17) is 9.84 Å². The van der Waals surface area contributed by atoms with Crippen LogP contribution in [0.15, 0.2) is 30.0 Å². The van der Waals surface area contributed by atoms with E-state index in [9.17, 15) is 4.79 Å². The molecule has 5 nitrogen and oxygen atoms in total. The summed E-state index contributed by atoms with van der Waals surface area (Å²) in [5.74, 6) is -0.670. The second-order valence-corrected chi connectivity index (χ2v) is 3.47. The van der Waals surface area contributed by atoms with Crippen molar-refractivity contribution in [3.63, 3.8) is 0 Å². The lowest BCUT2D eigenvalue weighted by Gasteiger charge is -2.01. The molecule has 2 rings (SSSR count). The molecule has 0 aliphatic heterocycles. The fourth-order valence-electron chi connectivity index (χ4n) is 0.953. The molecule has 0 amide bonds. The third kappa shape index (κ3) is 2.29. The predicted molar refractivity (Wildman–Crippen MR) is 53.4 cm³/mol. The van der Waals surface area contributed by atoms with Gasteiger partial charge in [-0.05, 0) is 6.07 Å². The maximum atomic E-state index is 10.6. The summed E-state index contributed by atoms with van der Waals surface area (Å²) in [6, 6.07) is 1.40. The first kappa shape index (κ1) is 9.60. The summed E-state index contributed by atoms with van der Waals surface area (Å²) in [5.41, 5.74) is 0.0871. The Labute approximate surface area is 89.0 Å². The zero-order valence-corrected chi connectivity index (χ0v) is 8.27. The molecular formula is C9H6N2O3S. The van der Waals surface area contributed by atoms with Crippen molar-refractivity contribution in [2.75, 3.05) is 0 Å². The van der Waals surface area contributed by atoms with Gasteiger partial charge in [-0.1, -0.05) is 11.3 Å². The van der Waals surface area contributed by atoms with E-state index in [-0.39, 0.29) is 5.56 Å². The molecule has 6 heteroatoms. The van der Waals surface area contributed by atoms with Gasteiger partial charge in [0, 0.05) is 17.8 Å². The molecule has 0 radical (unpaired) electrons. The number of aromatic nitrogens is 2. The topological polar surface area (TPSA) is 72.3 Å². The number of nitrogens with zero attached hydrogens (tertiary/aromatic N) is 2. The normalized spacial score (nSPS) is 9.87. The van der Waals surface area contributed by atoms with Crippen LogP contribution in [0.2, 0.25) is 0 Å². The zero-order valence-electron chi connectivity index (χ0n) is 7.45. The Kier molecular flexibility index (Phi) is 2.59. The van der Waals surface area contributed by atoms with Gasteiger partial charge >= 0.3 is 5.97 Å². The number of aromatic carboxylic acids is 1. The predicted octanol–water partition coefficient (Wildman–Crippen LogP) is 2.03. The average Bonchev–Trinajstić information content (AvgIpc) is 2.71. The van der Waals surface area contributed by atoms with Gasteiger partial charge in [-0.3, -0.25) is 4.98 Å². The van der Waals surface area contributed by atoms with Crippen LogP contribution in [0, 0.1) is 0 Å². The van der Waals surface area contributed by atoms with Crippen LogP contribution < -0.4 is 4.74 Å². The highest BCUT2D eigenvalue weighted by Crippen LogP contribution is 2.22. The maximum absolute atomic E-state index is 10.6. The largest absolute Gasteiger partial charge is 0.478 e. The first-order valence-electron chi connectivity index (χ1n) is 4.01. The third-order valence-corrected chi connectivity index (χ3v) is 2.22. The smallest absolute Gasteiger partial charge is 0.337 e. The van der Waals surface area contributed by atoms with Crippen molar-refractivity contribution in [3.05, 3.63) is 35.6 Å². The van der Waals surface area contributed by atoms with Crippen molar-refractivity contribution >= 4 is 17.3 Å². The van der Waals surface area contributed by atoms with Crippen molar-refractivity contribution in [3.8, 4) is 10.9 Å². The monoisotopic (exact) mass is 222 g/mol. The number of rotatable bonds is 3. The van der Waals surface area contributed by atoms with E-state index in [1.165, 1.54) is 29.8 Å². The molecule has 0 atom stereocenters. The van der Waals surface area contributed by atoms with Crippen LogP contribution in [-0.2, 0) is 0 Å². The molecule has 0 aliphatic carbocycles. The fraction of sp³-hybridized carbons (Fsp3) is 0. The van der Waals surface area contributed by atoms with Gasteiger partial charge in [-0.2, -0.15) is 0 Å². The highest BCUT2D eigenvalue weighted by molar-refractivity contribution is 7.11. The van der Waals surface area contributed by atoms with Crippen molar-refractivity contribution < 1.29 is 14.6 Å². The quantitative estimate of drug-likeness (QED) is 0.860. The number of pyridine rings is 1. The van der Waals surface area contributed by atoms with E-state index in [1.807, 2.05) is 0 Å². The Morgan fingerprint density at radius 3 is 3.00 bits per heavy atom. The standard InChI is InChI=1S/C9H6N2O3S/c12-8(13)6-3-7(5-10-4-6)14-9-11-1-2-15-9/h1-5H,(H,12,13). The number of thiazole rings is 1. The van der Waals surface area contributed by atoms with Gasteiger partial charge in [0.05, 0.1) is 11.8 Å². The third-order valence-electron chi connectivity index (χ3n) is 1.57. The summed E-state index contributed by atoms with van der Waals surface area (Å²) in [4.78, 5) is 18.3. The van der Waals surface area contributed by atoms with Crippen LogP contribution in [0.1, 0.15) is 10.4 Å². The lowest BCUT2D eigenvalue weighted by molar-refractivity contribution is 0.0696. The molecule has 0 fully saturated rings. The van der Waals surface area contributed by atoms with Gasteiger partial charge in [0.1, 0.15) is 5.75 Å². The van der Waals surface area contributed by atoms with E-state index >= 15 is 0 Å². The molecule has 2 aromatic rings. The summed E-state index contributed by atoms with van der Waals surface area (Å²) in [7, 11) is 0. The van der Waals surface area contributed by atoms with Gasteiger partial charge in [0.15, 0.2) is 0 Å². The van der Waals surface area contributed by atoms with Crippen LogP contribution >= 0.6 is 11.3 Å². The molecule has 1 N–H and O–H groups in total. The molecule has 0 aromatic carbocycles. The number of carboxylic acids is 1. The molecule has 0 bridgehead atoms. The van der Waals surface area contributed by atoms with Crippen LogP contribution in [0.25, 0.3) is 0 Å². The number of hydrogen-bond donors (Lipinski definition) is 1. The minimum Gasteiger partial charge on any atom is -0.478 e. The summed E-state index contributed by atoms with van der Waals surface area (Å²) >= 11 is 1.32. The average molecular weight is 222 g/mol. The summed E-state index contributed by atoms with van der Waals surface area (Å²) < 4.78 is 5.29. The fourth-order valence-corrected chi connectivity index (χ4v) is 1.46. The van der Waals surface area contributed by atoms with Crippen LogP contribution in [0.5, 0.6) is 10.9 Å². The Morgan fingerprint density at radius 2 is 2.33 bits per heavy atom. The first-order chi connectivity index (χ1) is 7.25. The number of hydrogen-bond acceptors (Lipinski definition) is 5. The number of carboxylic acid groups (broad SMARTS) is 1. The van der Waals surface area contributed by atoms with Crippen LogP contribution in [0.4, 0.5) is 0 Å². The Hall–Kier alpha value is -1.95. The molecule has 0 spiro atoms. The summed E-state index contributed by atoms with van der Waals surface area (Å²) in [6.07, 6.45) is 4.30. The molecule has 2 heterocycles. The molecule has 2 aromatic heterocycles. The van der Waals surface area contributed by atoms with Crippen molar-refractivity contribution in [1.29, 1.82) is 0 Å². The lowest BCUT2D eigenvalue weighted by Crippen LogP contribution is -1.97. The van der Waals surface area contributed by atoms with Crippen LogP contribution in [-0.4, -0.2) is 21.0 Å². The van der Waals surface area contributed by atoms with Gasteiger partial charge in [0.25, 0.3) is 5.19 Å². The second kappa shape index (κ2) is 4.05. The highest BCUT2D eigenvalue weighted by Gasteiger charge is 2.06. The number of carbonyl (C=O) groups is 1. The van der Waals surface area contributed by atoms with Crippen molar-refractivity contribution in [1.82, 2.24) is 9.97 Å².